The van der Waals surface area contributed by atoms with Crippen LogP contribution in [0.15, 0.2) is 182 Å². The molecular weight excluding hydrogens is 774 g/mol. The molecule has 0 amide bonds. The number of halogens is 2. The quantitative estimate of drug-likeness (QED) is 0.0635. The fraction of sp³-hybridized carbons (Fsp3) is 0.217. The number of rotatable bonds is 17. The van der Waals surface area contributed by atoms with E-state index in [2.05, 4.69) is 182 Å². The molecule has 4 heteroatoms. The highest BCUT2D eigenvalue weighted by Crippen LogP contribution is 2.57. The molecule has 0 radical (unpaired) electrons. The molecule has 0 atom stereocenters. The minimum absolute atomic E-state index is 0. The van der Waals surface area contributed by atoms with Gasteiger partial charge < -0.3 is 0 Å². The Morgan fingerprint density at radius 3 is 0.560 bits per heavy atom. The van der Waals surface area contributed by atoms with Crippen molar-refractivity contribution in [2.75, 3.05) is 12.3 Å². The highest BCUT2D eigenvalue weighted by molar-refractivity contribution is 8.93. The lowest BCUT2D eigenvalue weighted by molar-refractivity contribution is 0.587. The average molecular weight is 827 g/mol. The molecule has 0 aliphatic rings. The summed E-state index contributed by atoms with van der Waals surface area (Å²) in [6.07, 6.45) is 12.9. The van der Waals surface area contributed by atoms with Gasteiger partial charge in [-0.05, 0) is 98.5 Å². The van der Waals surface area contributed by atoms with Gasteiger partial charge in [0.05, 0.1) is 12.3 Å². The number of hydrogen-bond donors (Lipinski definition) is 0. The van der Waals surface area contributed by atoms with Gasteiger partial charge in [0.2, 0.25) is 0 Å². The summed E-state index contributed by atoms with van der Waals surface area (Å²) in [5, 5.41) is 9.02. The van der Waals surface area contributed by atoms with E-state index < -0.39 is 14.5 Å². The van der Waals surface area contributed by atoms with Gasteiger partial charge in [0, 0.05) is 0 Å². The van der Waals surface area contributed by atoms with Crippen LogP contribution in [0.2, 0.25) is 0 Å². The molecule has 0 saturated heterocycles. The van der Waals surface area contributed by atoms with Gasteiger partial charge in [-0.3, -0.25) is 0 Å². The van der Waals surface area contributed by atoms with Crippen molar-refractivity contribution in [2.24, 2.45) is 0 Å². The molecule has 50 heavy (non-hydrogen) atoms. The molecule has 258 valence electrons. The van der Waals surface area contributed by atoms with Crippen LogP contribution in [0.4, 0.5) is 0 Å². The topological polar surface area (TPSA) is 0 Å². The molecule has 0 spiro atoms. The first-order chi connectivity index (χ1) is 23.8. The van der Waals surface area contributed by atoms with Crippen molar-refractivity contribution < 1.29 is 0 Å². The highest BCUT2D eigenvalue weighted by Gasteiger charge is 2.45. The second kappa shape index (κ2) is 20.9. The Hall–Kier alpha value is -2.86. The van der Waals surface area contributed by atoms with Crippen LogP contribution in [-0.4, -0.2) is 12.3 Å². The lowest BCUT2D eigenvalue weighted by Gasteiger charge is -2.28. The molecule has 0 saturated carbocycles. The zero-order valence-electron chi connectivity index (χ0n) is 29.1. The first-order valence-corrected chi connectivity index (χ1v) is 21.9. The van der Waals surface area contributed by atoms with Gasteiger partial charge in [0.25, 0.3) is 0 Å². The third-order valence-electron chi connectivity index (χ3n) is 9.92. The van der Waals surface area contributed by atoms with Crippen LogP contribution in [0, 0.1) is 0 Å². The Bertz CT molecular complexity index is 1420. The fourth-order valence-corrected chi connectivity index (χ4v) is 16.3. The Morgan fingerprint density at radius 2 is 0.380 bits per heavy atom. The van der Waals surface area contributed by atoms with Crippen molar-refractivity contribution in [2.45, 2.75) is 51.4 Å². The van der Waals surface area contributed by atoms with E-state index in [0.717, 1.165) is 0 Å². The van der Waals surface area contributed by atoms with Gasteiger partial charge in [0.1, 0.15) is 46.4 Å². The fourth-order valence-electron chi connectivity index (χ4n) is 7.52. The van der Waals surface area contributed by atoms with Crippen LogP contribution in [-0.2, 0) is 0 Å². The second-order valence-electron chi connectivity index (χ2n) is 12.9. The average Bonchev–Trinajstić information content (AvgIpc) is 3.18. The van der Waals surface area contributed by atoms with Crippen LogP contribution < -0.4 is 31.8 Å². The maximum atomic E-state index is 2.37. The molecule has 0 nitrogen and oxygen atoms in total. The third-order valence-corrected chi connectivity index (χ3v) is 19.0. The van der Waals surface area contributed by atoms with Crippen molar-refractivity contribution >= 4 is 80.3 Å². The lowest BCUT2D eigenvalue weighted by Crippen LogP contribution is -2.33. The van der Waals surface area contributed by atoms with Gasteiger partial charge in [-0.15, -0.1) is 34.0 Å². The van der Waals surface area contributed by atoms with Gasteiger partial charge in [-0.2, -0.15) is 0 Å². The van der Waals surface area contributed by atoms with Crippen LogP contribution in [0.1, 0.15) is 51.4 Å². The third kappa shape index (κ3) is 9.52. The largest absolute Gasteiger partial charge is 0.114 e. The lowest BCUT2D eigenvalue weighted by atomic mass is 10.1. The zero-order chi connectivity index (χ0) is 32.7. The molecular formula is C46H52Br2P2+2. The Balaban J connectivity index is 0.00000281. The van der Waals surface area contributed by atoms with Crippen molar-refractivity contribution in [3.05, 3.63) is 182 Å². The van der Waals surface area contributed by atoms with Crippen molar-refractivity contribution in [3.8, 4) is 0 Å². The summed E-state index contributed by atoms with van der Waals surface area (Å²) in [5.41, 5.74) is 0. The molecule has 6 aromatic carbocycles. The van der Waals surface area contributed by atoms with Gasteiger partial charge in [0.15, 0.2) is 0 Å². The van der Waals surface area contributed by atoms with Gasteiger partial charge >= 0.3 is 0 Å². The predicted molar refractivity (Wildman–Crippen MR) is 238 cm³/mol. The van der Waals surface area contributed by atoms with Crippen molar-refractivity contribution in [1.82, 2.24) is 0 Å². The molecule has 0 aromatic heterocycles. The minimum Gasteiger partial charge on any atom is -0.114 e. The molecule has 0 aliphatic carbocycles. The summed E-state index contributed by atoms with van der Waals surface area (Å²) in [7, 11) is -3.43. The van der Waals surface area contributed by atoms with Crippen LogP contribution in [0.5, 0.6) is 0 Å². The normalized spacial score (nSPS) is 11.3. The van der Waals surface area contributed by atoms with E-state index in [1.165, 1.54) is 95.5 Å². The number of benzene rings is 6. The van der Waals surface area contributed by atoms with E-state index in [1.807, 2.05) is 0 Å². The van der Waals surface area contributed by atoms with E-state index in [-0.39, 0.29) is 34.0 Å². The first-order valence-electron chi connectivity index (χ1n) is 17.9. The van der Waals surface area contributed by atoms with E-state index >= 15 is 0 Å². The summed E-state index contributed by atoms with van der Waals surface area (Å²) in [5.74, 6) is 0. The smallest absolute Gasteiger partial charge is 0.112 e. The SMILES string of the molecule is Br.Br.c1ccc([P+](CCCCCCCCCC[P+](c2ccccc2)(c2ccccc2)c2ccccc2)(c2ccccc2)c2ccccc2)cc1. The van der Waals surface area contributed by atoms with Gasteiger partial charge in [-0.1, -0.05) is 135 Å². The number of unbranched alkanes of at least 4 members (excludes halogenated alkanes) is 7. The standard InChI is InChI=1S/C46H50P2.2BrH/c1(3-5-25-39-47(41-27-13-7-14-28-41,42-29-15-8-16-30-42)43-31-17-9-18-32-43)2-4-6-26-40-48(44-33-19-10-20-34-44,45-35-21-11-22-36-45)46-37-23-12-24-38-46;;/h7-24,27-38H,1-6,25-26,39-40H2;2*1H/q+2;;. The Kier molecular flexibility index (Phi) is 16.7. The van der Waals surface area contributed by atoms with E-state index in [1.54, 1.807) is 0 Å². The molecule has 0 fully saturated rings. The summed E-state index contributed by atoms with van der Waals surface area (Å²) in [6.45, 7) is 0. The Labute approximate surface area is 324 Å². The molecule has 0 heterocycles. The summed E-state index contributed by atoms with van der Waals surface area (Å²) in [4.78, 5) is 0. The van der Waals surface area contributed by atoms with Gasteiger partial charge in [-0.25, -0.2) is 0 Å². The van der Waals surface area contributed by atoms with Crippen LogP contribution in [0.3, 0.4) is 0 Å². The molecule has 0 bridgehead atoms. The number of hydrogen-bond acceptors (Lipinski definition) is 0. The monoisotopic (exact) mass is 824 g/mol. The summed E-state index contributed by atoms with van der Waals surface area (Å²) < 4.78 is 0. The Morgan fingerprint density at radius 1 is 0.220 bits per heavy atom. The molecule has 6 rings (SSSR count). The summed E-state index contributed by atoms with van der Waals surface area (Å²) >= 11 is 0. The van der Waals surface area contributed by atoms with E-state index in [9.17, 15) is 0 Å². The van der Waals surface area contributed by atoms with Crippen molar-refractivity contribution in [3.63, 3.8) is 0 Å². The molecule has 0 N–H and O–H groups in total. The molecule has 0 aliphatic heterocycles. The van der Waals surface area contributed by atoms with E-state index in [0.29, 0.717) is 0 Å². The highest BCUT2D eigenvalue weighted by atomic mass is 79.9. The maximum absolute atomic E-state index is 2.37. The molecule has 0 unspecified atom stereocenters. The first kappa shape index (κ1) is 39.9. The van der Waals surface area contributed by atoms with Crippen LogP contribution in [0.25, 0.3) is 0 Å². The van der Waals surface area contributed by atoms with Crippen molar-refractivity contribution in [1.29, 1.82) is 0 Å². The molecule has 6 aromatic rings. The zero-order valence-corrected chi connectivity index (χ0v) is 34.3. The maximum Gasteiger partial charge on any atom is 0.112 e. The second-order valence-corrected chi connectivity index (χ2v) is 20.1. The predicted octanol–water partition coefficient (Wildman–Crippen LogP) is 11.3. The summed E-state index contributed by atoms with van der Waals surface area (Å²) in [6, 6.07) is 68.1. The van der Waals surface area contributed by atoms with E-state index in [4.69, 9.17) is 0 Å². The van der Waals surface area contributed by atoms with Crippen LogP contribution >= 0.6 is 48.5 Å². The minimum atomic E-state index is -1.71.